The number of carbonyl (C=O) groups is 1. The van der Waals surface area contributed by atoms with Crippen LogP contribution in [0.4, 0.5) is 0 Å². The molecule has 0 saturated heterocycles. The Kier molecular flexibility index (Phi) is 5.66. The Bertz CT molecular complexity index is 1110. The van der Waals surface area contributed by atoms with Crippen LogP contribution in [0.25, 0.3) is 6.08 Å². The fourth-order valence-corrected chi connectivity index (χ4v) is 3.27. The summed E-state index contributed by atoms with van der Waals surface area (Å²) in [5.41, 5.74) is 3.50. The highest BCUT2D eigenvalue weighted by atomic mass is 16.5. The number of methoxy groups -OCH3 is 1. The van der Waals surface area contributed by atoms with E-state index in [0.29, 0.717) is 29.4 Å². The van der Waals surface area contributed by atoms with Crippen molar-refractivity contribution in [3.63, 3.8) is 0 Å². The Morgan fingerprint density at radius 3 is 2.47 bits per heavy atom. The van der Waals surface area contributed by atoms with E-state index in [4.69, 9.17) is 14.2 Å². The van der Waals surface area contributed by atoms with E-state index >= 15 is 0 Å². The third kappa shape index (κ3) is 4.28. The van der Waals surface area contributed by atoms with Crippen LogP contribution in [0, 0.1) is 6.92 Å². The first-order valence-corrected chi connectivity index (χ1v) is 9.70. The molecule has 0 fully saturated rings. The van der Waals surface area contributed by atoms with Gasteiger partial charge in [0, 0.05) is 6.07 Å². The van der Waals surface area contributed by atoms with E-state index in [0.717, 1.165) is 22.4 Å². The van der Waals surface area contributed by atoms with Gasteiger partial charge in [-0.3, -0.25) is 4.79 Å². The molecule has 0 unspecified atom stereocenters. The minimum atomic E-state index is -0.109. The number of ether oxygens (including phenoxy) is 3. The van der Waals surface area contributed by atoms with E-state index in [1.165, 1.54) is 0 Å². The number of Topliss-reactive ketones (excluding diaryl/α,β-unsaturated/α-hetero) is 1. The molecule has 30 heavy (non-hydrogen) atoms. The SMILES string of the molecule is COc1ccc(COc2cc(C)c3c(c2)O/C(=C\C=C\c2ccccc2)C3=O)cc1. The lowest BCUT2D eigenvalue weighted by molar-refractivity contribution is 0.101. The Morgan fingerprint density at radius 2 is 1.73 bits per heavy atom. The highest BCUT2D eigenvalue weighted by Crippen LogP contribution is 2.37. The third-order valence-corrected chi connectivity index (χ3v) is 4.84. The fourth-order valence-electron chi connectivity index (χ4n) is 3.27. The molecule has 4 rings (SSSR count). The van der Waals surface area contributed by atoms with Gasteiger partial charge in [0.1, 0.15) is 23.9 Å². The molecular weight excluding hydrogens is 376 g/mol. The summed E-state index contributed by atoms with van der Waals surface area (Å²) in [6.45, 7) is 2.31. The van der Waals surface area contributed by atoms with Gasteiger partial charge in [0.15, 0.2) is 5.76 Å². The molecule has 0 spiro atoms. The maximum absolute atomic E-state index is 12.7. The zero-order valence-corrected chi connectivity index (χ0v) is 16.9. The van der Waals surface area contributed by atoms with Gasteiger partial charge >= 0.3 is 0 Å². The number of rotatable bonds is 6. The molecule has 4 nitrogen and oxygen atoms in total. The van der Waals surface area contributed by atoms with Crippen molar-refractivity contribution < 1.29 is 19.0 Å². The van der Waals surface area contributed by atoms with Crippen molar-refractivity contribution >= 4 is 11.9 Å². The highest BCUT2D eigenvalue weighted by Gasteiger charge is 2.29. The topological polar surface area (TPSA) is 44.8 Å². The number of fused-ring (bicyclic) bond motifs is 1. The summed E-state index contributed by atoms with van der Waals surface area (Å²) in [6, 6.07) is 21.2. The number of hydrogen-bond donors (Lipinski definition) is 0. The second-order valence-electron chi connectivity index (χ2n) is 6.98. The maximum Gasteiger partial charge on any atom is 0.232 e. The maximum atomic E-state index is 12.7. The smallest absolute Gasteiger partial charge is 0.232 e. The molecule has 0 atom stereocenters. The zero-order chi connectivity index (χ0) is 20.9. The molecule has 0 radical (unpaired) electrons. The van der Waals surface area contributed by atoms with Gasteiger partial charge in [-0.1, -0.05) is 54.6 Å². The number of hydrogen-bond acceptors (Lipinski definition) is 4. The molecule has 0 aliphatic carbocycles. The minimum absolute atomic E-state index is 0.109. The van der Waals surface area contributed by atoms with Gasteiger partial charge in [-0.2, -0.15) is 0 Å². The second kappa shape index (κ2) is 8.70. The largest absolute Gasteiger partial charge is 0.497 e. The van der Waals surface area contributed by atoms with Crippen molar-refractivity contribution in [1.29, 1.82) is 0 Å². The normalized spacial score (nSPS) is 14.1. The highest BCUT2D eigenvalue weighted by molar-refractivity contribution is 6.13. The summed E-state index contributed by atoms with van der Waals surface area (Å²) < 4.78 is 16.9. The van der Waals surface area contributed by atoms with Crippen LogP contribution in [0.2, 0.25) is 0 Å². The summed E-state index contributed by atoms with van der Waals surface area (Å²) >= 11 is 0. The lowest BCUT2D eigenvalue weighted by atomic mass is 10.0. The van der Waals surface area contributed by atoms with Gasteiger partial charge in [-0.05, 0) is 47.9 Å². The first-order chi connectivity index (χ1) is 14.6. The van der Waals surface area contributed by atoms with Crippen molar-refractivity contribution in [2.75, 3.05) is 7.11 Å². The van der Waals surface area contributed by atoms with Crippen LogP contribution in [0.3, 0.4) is 0 Å². The van der Waals surface area contributed by atoms with Gasteiger partial charge < -0.3 is 14.2 Å². The second-order valence-corrected chi connectivity index (χ2v) is 6.98. The van der Waals surface area contributed by atoms with Crippen molar-refractivity contribution in [3.05, 3.63) is 107 Å². The average Bonchev–Trinajstić information content (AvgIpc) is 3.09. The molecule has 3 aromatic rings. The lowest BCUT2D eigenvalue weighted by Gasteiger charge is -2.09. The van der Waals surface area contributed by atoms with Crippen molar-refractivity contribution in [1.82, 2.24) is 0 Å². The average molecular weight is 398 g/mol. The molecule has 1 aliphatic heterocycles. The molecule has 0 saturated carbocycles. The predicted octanol–water partition coefficient (Wildman–Crippen LogP) is 5.76. The number of ketones is 1. The summed E-state index contributed by atoms with van der Waals surface area (Å²) in [7, 11) is 1.64. The van der Waals surface area contributed by atoms with Crippen LogP contribution in [0.5, 0.6) is 17.2 Å². The molecule has 0 amide bonds. The quantitative estimate of drug-likeness (QED) is 0.496. The van der Waals surface area contributed by atoms with Crippen molar-refractivity contribution in [2.24, 2.45) is 0 Å². The van der Waals surface area contributed by atoms with Gasteiger partial charge in [0.05, 0.1) is 12.7 Å². The lowest BCUT2D eigenvalue weighted by Crippen LogP contribution is -1.99. The molecule has 1 aliphatic rings. The minimum Gasteiger partial charge on any atom is -0.497 e. The van der Waals surface area contributed by atoms with E-state index < -0.39 is 0 Å². The number of carbonyl (C=O) groups excluding carboxylic acids is 1. The van der Waals surface area contributed by atoms with Crippen molar-refractivity contribution in [3.8, 4) is 17.2 Å². The summed E-state index contributed by atoms with van der Waals surface area (Å²) in [5.74, 6) is 2.20. The zero-order valence-electron chi connectivity index (χ0n) is 16.9. The number of benzene rings is 3. The summed E-state index contributed by atoms with van der Waals surface area (Å²) in [5, 5.41) is 0. The standard InChI is InChI=1S/C26H22O4/c1-18-15-22(29-17-20-11-13-21(28-2)14-12-20)16-24-25(18)26(27)23(30-24)10-6-9-19-7-4-3-5-8-19/h3-16H,17H2,1-2H3/b9-6+,23-10-. The predicted molar refractivity (Wildman–Crippen MR) is 117 cm³/mol. The summed E-state index contributed by atoms with van der Waals surface area (Å²) in [6.07, 6.45) is 5.46. The molecule has 150 valence electrons. The van der Waals surface area contributed by atoms with Gasteiger partial charge in [-0.25, -0.2) is 0 Å². The van der Waals surface area contributed by atoms with E-state index in [-0.39, 0.29) is 5.78 Å². The number of aryl methyl sites for hydroxylation is 1. The first kappa shape index (κ1) is 19.5. The molecule has 3 aromatic carbocycles. The molecule has 1 heterocycles. The van der Waals surface area contributed by atoms with Gasteiger partial charge in [-0.15, -0.1) is 0 Å². The van der Waals surface area contributed by atoms with Crippen LogP contribution >= 0.6 is 0 Å². The summed E-state index contributed by atoms with van der Waals surface area (Å²) in [4.78, 5) is 12.7. The molecule has 0 N–H and O–H groups in total. The Labute approximate surface area is 176 Å². The Morgan fingerprint density at radius 1 is 0.967 bits per heavy atom. The Hall–Kier alpha value is -3.79. The number of allylic oxidation sites excluding steroid dienone is 3. The first-order valence-electron chi connectivity index (χ1n) is 9.70. The van der Waals surface area contributed by atoms with Crippen LogP contribution in [0.15, 0.2) is 84.6 Å². The van der Waals surface area contributed by atoms with Crippen LogP contribution in [-0.2, 0) is 6.61 Å². The van der Waals surface area contributed by atoms with Gasteiger partial charge in [0.25, 0.3) is 0 Å². The van der Waals surface area contributed by atoms with E-state index in [9.17, 15) is 4.79 Å². The van der Waals surface area contributed by atoms with E-state index in [1.54, 1.807) is 19.3 Å². The molecule has 0 bridgehead atoms. The van der Waals surface area contributed by atoms with Crippen LogP contribution < -0.4 is 14.2 Å². The molecule has 0 aromatic heterocycles. The molecule has 4 heteroatoms. The van der Waals surface area contributed by atoms with E-state index in [2.05, 4.69) is 0 Å². The van der Waals surface area contributed by atoms with Crippen LogP contribution in [-0.4, -0.2) is 12.9 Å². The molecular formula is C26H22O4. The van der Waals surface area contributed by atoms with Crippen LogP contribution in [0.1, 0.15) is 27.0 Å². The van der Waals surface area contributed by atoms with Crippen molar-refractivity contribution in [2.45, 2.75) is 13.5 Å². The fraction of sp³-hybridized carbons (Fsp3) is 0.115. The third-order valence-electron chi connectivity index (χ3n) is 4.84. The Balaban J connectivity index is 1.47. The van der Waals surface area contributed by atoms with Gasteiger partial charge in [0.2, 0.25) is 5.78 Å². The van der Waals surface area contributed by atoms with E-state index in [1.807, 2.05) is 79.7 Å². The monoisotopic (exact) mass is 398 g/mol.